The van der Waals surface area contributed by atoms with Crippen LogP contribution < -0.4 is 0 Å². The first-order valence-corrected chi connectivity index (χ1v) is 17.5. The van der Waals surface area contributed by atoms with Gasteiger partial charge < -0.3 is 4.43 Å². The molecule has 0 N–H and O–H groups in total. The average molecular weight is 528 g/mol. The first-order chi connectivity index (χ1) is 17.1. The maximum Gasteiger partial charge on any atom is 0.191 e. The van der Waals surface area contributed by atoms with E-state index in [1.165, 1.54) is 24.0 Å². The molecule has 0 saturated heterocycles. The van der Waals surface area contributed by atoms with Crippen molar-refractivity contribution < 1.29 is 9.22 Å². The average Bonchev–Trinajstić information content (AvgIpc) is 2.80. The Hall–Kier alpha value is -1.52. The van der Waals surface area contributed by atoms with Gasteiger partial charge in [0.25, 0.3) is 0 Å². The Balaban J connectivity index is 2.27. The number of hydrogen-bond donors (Lipinski definition) is 0. The van der Waals surface area contributed by atoms with Gasteiger partial charge in [-0.3, -0.25) is 9.78 Å². The van der Waals surface area contributed by atoms with E-state index < -0.39 is 8.32 Å². The number of hydrogen-bond acceptors (Lipinski definition) is 3. The summed E-state index contributed by atoms with van der Waals surface area (Å²) >= 11 is 0. The Morgan fingerprint density at radius 3 is 2.32 bits per heavy atom. The molecule has 1 heterocycles. The highest BCUT2D eigenvalue weighted by atomic mass is 28.4. The minimum absolute atomic E-state index is 0.236. The lowest BCUT2D eigenvalue weighted by atomic mass is 9.80. The van der Waals surface area contributed by atoms with E-state index in [9.17, 15) is 4.79 Å². The van der Waals surface area contributed by atoms with Gasteiger partial charge in [-0.1, -0.05) is 71.3 Å². The number of allylic oxidation sites excluding steroid dienone is 3. The smallest absolute Gasteiger partial charge is 0.191 e. The van der Waals surface area contributed by atoms with Crippen LogP contribution in [0.2, 0.25) is 18.1 Å². The van der Waals surface area contributed by atoms with Gasteiger partial charge in [-0.05, 0) is 101 Å². The molecule has 4 heteroatoms. The Morgan fingerprint density at radius 1 is 1.00 bits per heavy atom. The molecule has 210 valence electrons. The van der Waals surface area contributed by atoms with Crippen LogP contribution >= 0.6 is 0 Å². The largest absolute Gasteiger partial charge is 0.417 e. The normalized spacial score (nSPS) is 14.6. The zero-order valence-electron chi connectivity index (χ0n) is 25.9. The predicted molar refractivity (Wildman–Crippen MR) is 164 cm³/mol. The van der Waals surface area contributed by atoms with Crippen LogP contribution in [0.3, 0.4) is 0 Å². The first kappa shape index (κ1) is 33.5. The molecule has 0 aliphatic heterocycles. The highest BCUT2D eigenvalue weighted by Gasteiger charge is 2.37. The standard InChI is InChI=1S/C33H57NO2Si/c1-27(17-14-19-29(3)26-30-20-11-12-24-34-30)16-13-18-28(2)21-22-31(35)33(7,8)23-15-25-36-37(9,10)32(4,5)6/h11-12,17,20,24,26,28H,13-16,18-19,21-23,25H2,1-10H3. The maximum absolute atomic E-state index is 12.9. The fourth-order valence-corrected chi connectivity index (χ4v) is 5.31. The van der Waals surface area contributed by atoms with E-state index in [2.05, 4.69) is 85.6 Å². The number of ketones is 1. The van der Waals surface area contributed by atoms with Crippen LogP contribution in [-0.4, -0.2) is 25.7 Å². The van der Waals surface area contributed by atoms with Crippen molar-refractivity contribution in [3.63, 3.8) is 0 Å². The Bertz CT molecular complexity index is 862. The summed E-state index contributed by atoms with van der Waals surface area (Å²) in [5.74, 6) is 1.01. The SMILES string of the molecule is CC(=Cc1ccccn1)CCC=C(C)CCCC(C)CCC(=O)C(C)(C)CCCO[Si](C)(C)C(C)(C)C. The molecule has 1 rings (SSSR count). The molecular formula is C33H57NO2Si. The Kier molecular flexibility index (Phi) is 14.3. The van der Waals surface area contributed by atoms with Crippen LogP contribution in [0, 0.1) is 11.3 Å². The molecule has 0 aliphatic rings. The van der Waals surface area contributed by atoms with Crippen LogP contribution in [-0.2, 0) is 9.22 Å². The van der Waals surface area contributed by atoms with E-state index in [0.717, 1.165) is 50.8 Å². The second-order valence-corrected chi connectivity index (χ2v) is 18.2. The summed E-state index contributed by atoms with van der Waals surface area (Å²) in [5.41, 5.74) is 3.63. The molecule has 0 bridgehead atoms. The number of nitrogens with zero attached hydrogens (tertiary/aromatic N) is 1. The third-order valence-corrected chi connectivity index (χ3v) is 12.8. The van der Waals surface area contributed by atoms with Crippen LogP contribution in [0.5, 0.6) is 0 Å². The van der Waals surface area contributed by atoms with Gasteiger partial charge >= 0.3 is 0 Å². The van der Waals surface area contributed by atoms with Crippen LogP contribution in [0.15, 0.2) is 41.6 Å². The topological polar surface area (TPSA) is 39.2 Å². The van der Waals surface area contributed by atoms with E-state index >= 15 is 0 Å². The molecule has 0 amide bonds. The van der Waals surface area contributed by atoms with Gasteiger partial charge in [0.2, 0.25) is 0 Å². The molecule has 1 unspecified atom stereocenters. The van der Waals surface area contributed by atoms with E-state index in [0.29, 0.717) is 18.1 Å². The number of pyridine rings is 1. The molecule has 0 radical (unpaired) electrons. The molecular weight excluding hydrogens is 470 g/mol. The molecule has 0 saturated carbocycles. The Labute approximate surface area is 230 Å². The summed E-state index contributed by atoms with van der Waals surface area (Å²) in [5, 5.41) is 0.236. The minimum atomic E-state index is -1.70. The minimum Gasteiger partial charge on any atom is -0.417 e. The summed E-state index contributed by atoms with van der Waals surface area (Å²) in [6, 6.07) is 6.03. The van der Waals surface area contributed by atoms with Gasteiger partial charge in [-0.15, -0.1) is 0 Å². The molecule has 0 aromatic carbocycles. The molecule has 1 atom stereocenters. The third-order valence-electron chi connectivity index (χ3n) is 8.22. The maximum atomic E-state index is 12.9. The van der Waals surface area contributed by atoms with Gasteiger partial charge in [0, 0.05) is 24.6 Å². The van der Waals surface area contributed by atoms with Gasteiger partial charge in [0.1, 0.15) is 5.78 Å². The summed E-state index contributed by atoms with van der Waals surface area (Å²) in [4.78, 5) is 17.3. The molecule has 37 heavy (non-hydrogen) atoms. The molecule has 0 spiro atoms. The van der Waals surface area contributed by atoms with E-state index in [4.69, 9.17) is 4.43 Å². The highest BCUT2D eigenvalue weighted by molar-refractivity contribution is 6.74. The summed E-state index contributed by atoms with van der Waals surface area (Å²) in [7, 11) is -1.70. The zero-order valence-corrected chi connectivity index (χ0v) is 26.9. The molecule has 0 aliphatic carbocycles. The van der Waals surface area contributed by atoms with Crippen molar-refractivity contribution in [2.24, 2.45) is 11.3 Å². The highest BCUT2D eigenvalue weighted by Crippen LogP contribution is 2.37. The fraction of sp³-hybridized carbons (Fsp3) is 0.697. The lowest BCUT2D eigenvalue weighted by Gasteiger charge is -2.36. The van der Waals surface area contributed by atoms with Crippen LogP contribution in [0.1, 0.15) is 119 Å². The number of Topliss-reactive ketones (excluding diaryl/α,β-unsaturated/α-hetero) is 1. The lowest BCUT2D eigenvalue weighted by molar-refractivity contribution is -0.127. The lowest BCUT2D eigenvalue weighted by Crippen LogP contribution is -2.41. The van der Waals surface area contributed by atoms with E-state index in [1.807, 2.05) is 24.4 Å². The van der Waals surface area contributed by atoms with Gasteiger partial charge in [0.15, 0.2) is 8.32 Å². The number of aromatic nitrogens is 1. The zero-order chi connectivity index (χ0) is 28.1. The number of rotatable bonds is 17. The van der Waals surface area contributed by atoms with Gasteiger partial charge in [-0.25, -0.2) is 0 Å². The van der Waals surface area contributed by atoms with Gasteiger partial charge in [0.05, 0.1) is 5.69 Å². The molecule has 3 nitrogen and oxygen atoms in total. The van der Waals surface area contributed by atoms with E-state index in [-0.39, 0.29) is 10.5 Å². The fourth-order valence-electron chi connectivity index (χ4n) is 4.22. The van der Waals surface area contributed by atoms with Crippen LogP contribution in [0.25, 0.3) is 6.08 Å². The quantitative estimate of drug-likeness (QED) is 0.115. The first-order valence-electron chi connectivity index (χ1n) is 14.5. The Morgan fingerprint density at radius 2 is 1.70 bits per heavy atom. The molecule has 1 aromatic rings. The monoisotopic (exact) mass is 527 g/mol. The number of carbonyl (C=O) groups excluding carboxylic acids is 1. The van der Waals surface area contributed by atoms with Crippen molar-refractivity contribution in [2.45, 2.75) is 131 Å². The third kappa shape index (κ3) is 13.7. The summed E-state index contributed by atoms with van der Waals surface area (Å²) in [6.07, 6.45) is 15.7. The van der Waals surface area contributed by atoms with Crippen molar-refractivity contribution in [2.75, 3.05) is 6.61 Å². The summed E-state index contributed by atoms with van der Waals surface area (Å²) in [6.45, 7) is 23.2. The van der Waals surface area contributed by atoms with Crippen molar-refractivity contribution in [1.29, 1.82) is 0 Å². The van der Waals surface area contributed by atoms with Gasteiger partial charge in [-0.2, -0.15) is 0 Å². The molecule has 1 aromatic heterocycles. The van der Waals surface area contributed by atoms with Crippen molar-refractivity contribution in [3.8, 4) is 0 Å². The second kappa shape index (κ2) is 15.8. The van der Waals surface area contributed by atoms with Crippen LogP contribution in [0.4, 0.5) is 0 Å². The number of carbonyl (C=O) groups is 1. The molecule has 0 fully saturated rings. The second-order valence-electron chi connectivity index (χ2n) is 13.4. The van der Waals surface area contributed by atoms with Crippen molar-refractivity contribution >= 4 is 20.2 Å². The predicted octanol–water partition coefficient (Wildman–Crippen LogP) is 10.2. The van der Waals surface area contributed by atoms with Crippen molar-refractivity contribution in [1.82, 2.24) is 4.98 Å². The summed E-state index contributed by atoms with van der Waals surface area (Å²) < 4.78 is 6.31. The van der Waals surface area contributed by atoms with E-state index in [1.54, 1.807) is 0 Å². The van der Waals surface area contributed by atoms with Crippen molar-refractivity contribution in [3.05, 3.63) is 47.3 Å².